The van der Waals surface area contributed by atoms with E-state index >= 15 is 0 Å². The van der Waals surface area contributed by atoms with Gasteiger partial charge >= 0.3 is 0 Å². The number of rotatable bonds is 8. The van der Waals surface area contributed by atoms with Crippen molar-refractivity contribution < 1.29 is 9.59 Å². The molecule has 0 unspecified atom stereocenters. The van der Waals surface area contributed by atoms with Crippen LogP contribution in [0.3, 0.4) is 0 Å². The first kappa shape index (κ1) is 19.2. The fourth-order valence-electron chi connectivity index (χ4n) is 2.26. The quantitative estimate of drug-likeness (QED) is 0.773. The number of hydrogen-bond donors (Lipinski definition) is 2. The monoisotopic (exact) mass is 319 g/mol. The number of nitrogens with zero attached hydrogens (tertiary/aromatic N) is 1. The molecule has 0 aliphatic heterocycles. The Labute approximate surface area is 139 Å². The number of amides is 2. The van der Waals surface area contributed by atoms with E-state index in [0.717, 1.165) is 25.9 Å². The topological polar surface area (TPSA) is 75.4 Å². The van der Waals surface area contributed by atoms with E-state index in [2.05, 4.69) is 19.2 Å². The summed E-state index contributed by atoms with van der Waals surface area (Å²) in [6.07, 6.45) is 1.87. The van der Waals surface area contributed by atoms with Crippen molar-refractivity contribution in [2.24, 2.45) is 11.7 Å². The Balaban J connectivity index is 2.75. The van der Waals surface area contributed by atoms with Gasteiger partial charge in [-0.3, -0.25) is 9.59 Å². The SMILES string of the molecule is CCCN(CCC)C(=O)c1ccc(NC(=O)[C@@H](N)C(C)C)cc1. The van der Waals surface area contributed by atoms with Crippen LogP contribution in [0, 0.1) is 5.92 Å². The van der Waals surface area contributed by atoms with Crippen LogP contribution in [-0.4, -0.2) is 35.8 Å². The lowest BCUT2D eigenvalue weighted by molar-refractivity contribution is -0.118. The van der Waals surface area contributed by atoms with E-state index in [1.165, 1.54) is 0 Å². The predicted octanol–water partition coefficient (Wildman–Crippen LogP) is 2.87. The molecule has 0 bridgehead atoms. The van der Waals surface area contributed by atoms with Crippen molar-refractivity contribution in [1.82, 2.24) is 4.90 Å². The van der Waals surface area contributed by atoms with Crippen LogP contribution in [0.4, 0.5) is 5.69 Å². The molecular formula is C18H29N3O2. The maximum Gasteiger partial charge on any atom is 0.253 e. The summed E-state index contributed by atoms with van der Waals surface area (Å²) in [5.74, 6) is -0.101. The largest absolute Gasteiger partial charge is 0.339 e. The number of nitrogens with one attached hydrogen (secondary N) is 1. The fraction of sp³-hybridized carbons (Fsp3) is 0.556. The maximum absolute atomic E-state index is 12.5. The number of carbonyl (C=O) groups excluding carboxylic acids is 2. The fourth-order valence-corrected chi connectivity index (χ4v) is 2.26. The average molecular weight is 319 g/mol. The van der Waals surface area contributed by atoms with Gasteiger partial charge in [0.25, 0.3) is 5.91 Å². The van der Waals surface area contributed by atoms with Gasteiger partial charge in [0, 0.05) is 24.3 Å². The summed E-state index contributed by atoms with van der Waals surface area (Å²) < 4.78 is 0. The van der Waals surface area contributed by atoms with Crippen molar-refractivity contribution in [3.8, 4) is 0 Å². The lowest BCUT2D eigenvalue weighted by atomic mass is 10.0. The van der Waals surface area contributed by atoms with Gasteiger partial charge in [-0.15, -0.1) is 0 Å². The molecule has 0 spiro atoms. The lowest BCUT2D eigenvalue weighted by Crippen LogP contribution is -2.39. The molecule has 0 saturated heterocycles. The van der Waals surface area contributed by atoms with Crippen molar-refractivity contribution in [2.75, 3.05) is 18.4 Å². The first-order valence-electron chi connectivity index (χ1n) is 8.36. The van der Waals surface area contributed by atoms with Gasteiger partial charge in [-0.25, -0.2) is 0 Å². The first-order valence-corrected chi connectivity index (χ1v) is 8.36. The van der Waals surface area contributed by atoms with Crippen LogP contribution >= 0.6 is 0 Å². The molecule has 5 heteroatoms. The van der Waals surface area contributed by atoms with E-state index in [-0.39, 0.29) is 17.7 Å². The highest BCUT2D eigenvalue weighted by atomic mass is 16.2. The van der Waals surface area contributed by atoms with E-state index in [1.54, 1.807) is 24.3 Å². The first-order chi connectivity index (χ1) is 10.9. The molecule has 5 nitrogen and oxygen atoms in total. The molecule has 0 heterocycles. The average Bonchev–Trinajstić information content (AvgIpc) is 2.53. The van der Waals surface area contributed by atoms with Crippen LogP contribution in [0.1, 0.15) is 50.9 Å². The zero-order valence-corrected chi connectivity index (χ0v) is 14.6. The minimum atomic E-state index is -0.541. The van der Waals surface area contributed by atoms with Crippen LogP contribution < -0.4 is 11.1 Å². The Kier molecular flexibility index (Phi) is 7.75. The molecule has 0 saturated carbocycles. The third-order valence-electron chi connectivity index (χ3n) is 3.69. The Hall–Kier alpha value is -1.88. The summed E-state index contributed by atoms with van der Waals surface area (Å²) >= 11 is 0. The molecule has 1 atom stereocenters. The molecule has 0 radical (unpaired) electrons. The predicted molar refractivity (Wildman–Crippen MR) is 94.4 cm³/mol. The number of nitrogens with two attached hydrogens (primary N) is 1. The summed E-state index contributed by atoms with van der Waals surface area (Å²) in [5.41, 5.74) is 7.11. The number of hydrogen-bond acceptors (Lipinski definition) is 3. The van der Waals surface area contributed by atoms with Gasteiger partial charge in [-0.2, -0.15) is 0 Å². The summed E-state index contributed by atoms with van der Waals surface area (Å²) in [4.78, 5) is 26.3. The molecule has 1 rings (SSSR count). The van der Waals surface area contributed by atoms with Gasteiger partial charge < -0.3 is 16.0 Å². The minimum absolute atomic E-state index is 0.0328. The van der Waals surface area contributed by atoms with Crippen LogP contribution in [-0.2, 0) is 4.79 Å². The summed E-state index contributed by atoms with van der Waals surface area (Å²) in [6.45, 7) is 9.45. The molecule has 2 amide bonds. The van der Waals surface area contributed by atoms with Crippen molar-refractivity contribution in [1.29, 1.82) is 0 Å². The second kappa shape index (κ2) is 9.30. The van der Waals surface area contributed by atoms with Gasteiger partial charge in [-0.05, 0) is 43.0 Å². The molecule has 1 aromatic carbocycles. The van der Waals surface area contributed by atoms with Gasteiger partial charge in [0.15, 0.2) is 0 Å². The normalized spacial score (nSPS) is 12.1. The lowest BCUT2D eigenvalue weighted by Gasteiger charge is -2.21. The number of anilines is 1. The van der Waals surface area contributed by atoms with Gasteiger partial charge in [0.1, 0.15) is 0 Å². The van der Waals surface area contributed by atoms with E-state index in [0.29, 0.717) is 11.3 Å². The Bertz CT molecular complexity index is 506. The molecule has 3 N–H and O–H groups in total. The standard InChI is InChI=1S/C18H29N3O2/c1-5-11-21(12-6-2)18(23)14-7-9-15(10-8-14)20-17(22)16(19)13(3)4/h7-10,13,16H,5-6,11-12,19H2,1-4H3,(H,20,22)/t16-/m0/s1. The molecule has 0 fully saturated rings. The van der Waals surface area contributed by atoms with Crippen molar-refractivity contribution in [3.05, 3.63) is 29.8 Å². The molecule has 0 aliphatic carbocycles. The van der Waals surface area contributed by atoms with E-state index in [9.17, 15) is 9.59 Å². The number of benzene rings is 1. The molecular weight excluding hydrogens is 290 g/mol. The third-order valence-corrected chi connectivity index (χ3v) is 3.69. The van der Waals surface area contributed by atoms with Crippen LogP contribution in [0.5, 0.6) is 0 Å². The van der Waals surface area contributed by atoms with Crippen molar-refractivity contribution in [2.45, 2.75) is 46.6 Å². The van der Waals surface area contributed by atoms with E-state index < -0.39 is 6.04 Å². The van der Waals surface area contributed by atoms with Crippen molar-refractivity contribution >= 4 is 17.5 Å². The summed E-state index contributed by atoms with van der Waals surface area (Å²) in [6, 6.07) is 6.44. The molecule has 0 aromatic heterocycles. The van der Waals surface area contributed by atoms with Crippen LogP contribution in [0.15, 0.2) is 24.3 Å². The maximum atomic E-state index is 12.5. The van der Waals surface area contributed by atoms with Gasteiger partial charge in [-0.1, -0.05) is 27.7 Å². The second-order valence-corrected chi connectivity index (χ2v) is 6.13. The molecule has 1 aromatic rings. The van der Waals surface area contributed by atoms with Crippen LogP contribution in [0.25, 0.3) is 0 Å². The highest BCUT2D eigenvalue weighted by Crippen LogP contribution is 2.13. The van der Waals surface area contributed by atoms with Crippen molar-refractivity contribution in [3.63, 3.8) is 0 Å². The molecule has 0 aliphatic rings. The third kappa shape index (κ3) is 5.67. The van der Waals surface area contributed by atoms with Gasteiger partial charge in [0.2, 0.25) is 5.91 Å². The summed E-state index contributed by atoms with van der Waals surface area (Å²) in [5, 5.41) is 2.78. The van der Waals surface area contributed by atoms with E-state index in [4.69, 9.17) is 5.73 Å². The molecule has 128 valence electrons. The minimum Gasteiger partial charge on any atom is -0.339 e. The van der Waals surface area contributed by atoms with E-state index in [1.807, 2.05) is 18.7 Å². The highest BCUT2D eigenvalue weighted by Gasteiger charge is 2.18. The Morgan fingerprint density at radius 1 is 1.09 bits per heavy atom. The zero-order chi connectivity index (χ0) is 17.4. The van der Waals surface area contributed by atoms with Gasteiger partial charge in [0.05, 0.1) is 6.04 Å². The highest BCUT2D eigenvalue weighted by molar-refractivity contribution is 5.97. The molecule has 23 heavy (non-hydrogen) atoms. The Morgan fingerprint density at radius 2 is 1.61 bits per heavy atom. The Morgan fingerprint density at radius 3 is 2.04 bits per heavy atom. The smallest absolute Gasteiger partial charge is 0.253 e. The second-order valence-electron chi connectivity index (χ2n) is 6.13. The van der Waals surface area contributed by atoms with Crippen LogP contribution in [0.2, 0.25) is 0 Å². The summed E-state index contributed by atoms with van der Waals surface area (Å²) in [7, 11) is 0. The zero-order valence-electron chi connectivity index (χ0n) is 14.6. The number of carbonyl (C=O) groups is 2.